The van der Waals surface area contributed by atoms with Crippen LogP contribution in [0.1, 0.15) is 17.3 Å². The number of nitrogens with two attached hydrogens (primary N) is 1. The lowest BCUT2D eigenvalue weighted by Gasteiger charge is -2.08. The van der Waals surface area contributed by atoms with Crippen LogP contribution in [0.25, 0.3) is 11.1 Å². The molecule has 0 atom stereocenters. The number of pyridine rings is 2. The zero-order valence-electron chi connectivity index (χ0n) is 9.96. The number of nitrogen functional groups attached to an aromatic ring is 1. The van der Waals surface area contributed by atoms with Crippen LogP contribution < -0.4 is 5.73 Å². The molecule has 0 aliphatic heterocycles. The van der Waals surface area contributed by atoms with Gasteiger partial charge < -0.3 is 10.5 Å². The molecule has 0 unspecified atom stereocenters. The Balaban J connectivity index is 2.51. The summed E-state index contributed by atoms with van der Waals surface area (Å²) in [5.74, 6) is -0.129. The van der Waals surface area contributed by atoms with Gasteiger partial charge in [0.05, 0.1) is 12.2 Å². The maximum absolute atomic E-state index is 11.9. The summed E-state index contributed by atoms with van der Waals surface area (Å²) in [6, 6.07) is 5.16. The van der Waals surface area contributed by atoms with Crippen LogP contribution in [-0.4, -0.2) is 22.5 Å². The summed E-state index contributed by atoms with van der Waals surface area (Å²) in [7, 11) is 0. The first kappa shape index (κ1) is 12.0. The molecule has 92 valence electrons. The third kappa shape index (κ3) is 2.45. The van der Waals surface area contributed by atoms with E-state index >= 15 is 0 Å². The van der Waals surface area contributed by atoms with Crippen molar-refractivity contribution in [2.75, 3.05) is 12.3 Å². The summed E-state index contributed by atoms with van der Waals surface area (Å²) in [6.07, 6.45) is 4.88. The number of aromatic nitrogens is 2. The molecule has 0 amide bonds. The highest BCUT2D eigenvalue weighted by molar-refractivity contribution is 5.97. The second kappa shape index (κ2) is 5.27. The van der Waals surface area contributed by atoms with E-state index in [-0.39, 0.29) is 5.82 Å². The maximum Gasteiger partial charge on any atom is 0.338 e. The molecule has 0 bridgehead atoms. The Kier molecular flexibility index (Phi) is 3.52. The predicted octanol–water partition coefficient (Wildman–Crippen LogP) is 1.90. The number of hydrogen-bond donors (Lipinski definition) is 1. The second-order valence-electron chi connectivity index (χ2n) is 3.62. The molecule has 2 N–H and O–H groups in total. The Labute approximate surface area is 105 Å². The molecule has 5 nitrogen and oxygen atoms in total. The average Bonchev–Trinajstić information content (AvgIpc) is 2.40. The normalized spacial score (nSPS) is 10.1. The summed E-state index contributed by atoms with van der Waals surface area (Å²) in [5, 5.41) is 0. The number of carbonyl (C=O) groups is 1. The van der Waals surface area contributed by atoms with Gasteiger partial charge in [0, 0.05) is 29.7 Å². The van der Waals surface area contributed by atoms with E-state index in [1.807, 2.05) is 6.07 Å². The third-order valence-electron chi connectivity index (χ3n) is 2.39. The van der Waals surface area contributed by atoms with Gasteiger partial charge in [-0.05, 0) is 19.1 Å². The molecule has 0 saturated heterocycles. The number of hydrogen-bond acceptors (Lipinski definition) is 5. The topological polar surface area (TPSA) is 78.1 Å². The maximum atomic E-state index is 11.9. The number of nitrogens with zero attached hydrogens (tertiary/aromatic N) is 2. The highest BCUT2D eigenvalue weighted by Crippen LogP contribution is 2.24. The number of ether oxygens (including phenoxy) is 1. The molecule has 2 heterocycles. The van der Waals surface area contributed by atoms with E-state index in [0.717, 1.165) is 5.56 Å². The minimum absolute atomic E-state index is 0.283. The van der Waals surface area contributed by atoms with Crippen molar-refractivity contribution in [3.63, 3.8) is 0 Å². The van der Waals surface area contributed by atoms with Gasteiger partial charge >= 0.3 is 5.97 Å². The minimum atomic E-state index is -0.412. The lowest BCUT2D eigenvalue weighted by atomic mass is 10.0. The minimum Gasteiger partial charge on any atom is -0.462 e. The van der Waals surface area contributed by atoms with Gasteiger partial charge in [-0.2, -0.15) is 0 Å². The number of carbonyl (C=O) groups excluding carboxylic acids is 1. The van der Waals surface area contributed by atoms with Gasteiger partial charge in [0.25, 0.3) is 0 Å². The molecular weight excluding hydrogens is 230 g/mol. The average molecular weight is 243 g/mol. The standard InChI is InChI=1S/C13H13N3O2/c1-2-18-13(17)10-6-12(14)16-8-11(10)9-4-3-5-15-7-9/h3-8H,2H2,1H3,(H2,14,16). The van der Waals surface area contributed by atoms with Crippen LogP contribution in [0.2, 0.25) is 0 Å². The molecule has 18 heavy (non-hydrogen) atoms. The van der Waals surface area contributed by atoms with E-state index < -0.39 is 5.97 Å². The van der Waals surface area contributed by atoms with Gasteiger partial charge in [-0.25, -0.2) is 9.78 Å². The summed E-state index contributed by atoms with van der Waals surface area (Å²) in [6.45, 7) is 2.07. The lowest BCUT2D eigenvalue weighted by Crippen LogP contribution is -2.08. The van der Waals surface area contributed by atoms with Crippen LogP contribution in [0.15, 0.2) is 36.8 Å². The molecule has 0 aromatic carbocycles. The Bertz CT molecular complexity index is 555. The van der Waals surface area contributed by atoms with Crippen LogP contribution in [0.4, 0.5) is 5.82 Å². The highest BCUT2D eigenvalue weighted by atomic mass is 16.5. The Morgan fingerprint density at radius 3 is 2.94 bits per heavy atom. The van der Waals surface area contributed by atoms with Crippen LogP contribution in [-0.2, 0) is 4.74 Å². The van der Waals surface area contributed by atoms with Crippen LogP contribution in [0, 0.1) is 0 Å². The molecule has 2 aromatic heterocycles. The van der Waals surface area contributed by atoms with Gasteiger partial charge in [0.15, 0.2) is 0 Å². The van der Waals surface area contributed by atoms with Gasteiger partial charge in [-0.1, -0.05) is 6.07 Å². The quantitative estimate of drug-likeness (QED) is 0.833. The summed E-state index contributed by atoms with van der Waals surface area (Å²) in [4.78, 5) is 19.9. The first-order valence-electron chi connectivity index (χ1n) is 5.55. The number of anilines is 1. The van der Waals surface area contributed by atoms with Crippen molar-refractivity contribution in [3.8, 4) is 11.1 Å². The van der Waals surface area contributed by atoms with Crippen molar-refractivity contribution >= 4 is 11.8 Å². The van der Waals surface area contributed by atoms with E-state index in [9.17, 15) is 4.79 Å². The number of rotatable bonds is 3. The first-order valence-corrected chi connectivity index (χ1v) is 5.55. The van der Waals surface area contributed by atoms with E-state index in [1.165, 1.54) is 6.07 Å². The SMILES string of the molecule is CCOC(=O)c1cc(N)ncc1-c1cccnc1. The lowest BCUT2D eigenvalue weighted by molar-refractivity contribution is 0.0527. The van der Waals surface area contributed by atoms with Crippen molar-refractivity contribution < 1.29 is 9.53 Å². The Morgan fingerprint density at radius 2 is 2.28 bits per heavy atom. The van der Waals surface area contributed by atoms with Crippen molar-refractivity contribution in [2.45, 2.75) is 6.92 Å². The smallest absolute Gasteiger partial charge is 0.338 e. The molecule has 2 rings (SSSR count). The first-order chi connectivity index (χ1) is 8.72. The summed E-state index contributed by atoms with van der Waals surface area (Å²) >= 11 is 0. The molecule has 0 radical (unpaired) electrons. The predicted molar refractivity (Wildman–Crippen MR) is 67.8 cm³/mol. The highest BCUT2D eigenvalue weighted by Gasteiger charge is 2.15. The molecule has 0 saturated carbocycles. The van der Waals surface area contributed by atoms with Crippen LogP contribution >= 0.6 is 0 Å². The van der Waals surface area contributed by atoms with Crippen LogP contribution in [0.5, 0.6) is 0 Å². The zero-order valence-corrected chi connectivity index (χ0v) is 9.96. The molecule has 5 heteroatoms. The molecule has 0 spiro atoms. The molecule has 0 fully saturated rings. The largest absolute Gasteiger partial charge is 0.462 e. The van der Waals surface area contributed by atoms with Gasteiger partial charge in [0.1, 0.15) is 5.82 Å². The molecule has 0 aliphatic carbocycles. The number of esters is 1. The van der Waals surface area contributed by atoms with Crippen LogP contribution in [0.3, 0.4) is 0 Å². The second-order valence-corrected chi connectivity index (χ2v) is 3.62. The monoisotopic (exact) mass is 243 g/mol. The van der Waals surface area contributed by atoms with Gasteiger partial charge in [-0.15, -0.1) is 0 Å². The molecular formula is C13H13N3O2. The fourth-order valence-corrected chi connectivity index (χ4v) is 1.60. The molecule has 2 aromatic rings. The fraction of sp³-hybridized carbons (Fsp3) is 0.154. The Morgan fingerprint density at radius 1 is 1.44 bits per heavy atom. The fourth-order valence-electron chi connectivity index (χ4n) is 1.60. The van der Waals surface area contributed by atoms with Gasteiger partial charge in [-0.3, -0.25) is 4.98 Å². The van der Waals surface area contributed by atoms with E-state index in [2.05, 4.69) is 9.97 Å². The van der Waals surface area contributed by atoms with E-state index in [4.69, 9.17) is 10.5 Å². The third-order valence-corrected chi connectivity index (χ3v) is 2.39. The van der Waals surface area contributed by atoms with Crippen molar-refractivity contribution in [3.05, 3.63) is 42.4 Å². The zero-order chi connectivity index (χ0) is 13.0. The molecule has 0 aliphatic rings. The Hall–Kier alpha value is -2.43. The van der Waals surface area contributed by atoms with Gasteiger partial charge in [0.2, 0.25) is 0 Å². The van der Waals surface area contributed by atoms with Crippen molar-refractivity contribution in [1.82, 2.24) is 9.97 Å². The van der Waals surface area contributed by atoms with Crippen molar-refractivity contribution in [2.24, 2.45) is 0 Å². The van der Waals surface area contributed by atoms with E-state index in [1.54, 1.807) is 31.6 Å². The summed E-state index contributed by atoms with van der Waals surface area (Å²) in [5.41, 5.74) is 7.47. The van der Waals surface area contributed by atoms with E-state index in [0.29, 0.717) is 17.7 Å². The summed E-state index contributed by atoms with van der Waals surface area (Å²) < 4.78 is 5.00. The van der Waals surface area contributed by atoms with Crippen molar-refractivity contribution in [1.29, 1.82) is 0 Å².